The van der Waals surface area contributed by atoms with Crippen LogP contribution in [0.1, 0.15) is 35.5 Å². The Labute approximate surface area is 177 Å². The average molecular weight is 427 g/mol. The van der Waals surface area contributed by atoms with Gasteiger partial charge in [0.1, 0.15) is 5.76 Å². The smallest absolute Gasteiger partial charge is 0.254 e. The van der Waals surface area contributed by atoms with Crippen molar-refractivity contribution in [2.24, 2.45) is 0 Å². The molecule has 3 aromatic rings. The van der Waals surface area contributed by atoms with Crippen LogP contribution in [0.2, 0.25) is 0 Å². The Morgan fingerprint density at radius 1 is 0.933 bits per heavy atom. The molecule has 1 amide bonds. The highest BCUT2D eigenvalue weighted by atomic mass is 32.2. The zero-order valence-corrected chi connectivity index (χ0v) is 18.2. The van der Waals surface area contributed by atoms with Gasteiger partial charge in [0.05, 0.1) is 17.7 Å². The van der Waals surface area contributed by atoms with Crippen molar-refractivity contribution in [2.45, 2.75) is 37.9 Å². The number of hydrogen-bond acceptors (Lipinski definition) is 4. The predicted octanol–water partition coefficient (Wildman–Crippen LogP) is 4.15. The molecular weight excluding hydrogens is 400 g/mol. The van der Waals surface area contributed by atoms with E-state index in [0.717, 1.165) is 5.56 Å². The number of rotatable bonds is 8. The molecule has 0 N–H and O–H groups in total. The highest BCUT2D eigenvalue weighted by Gasteiger charge is 2.24. The van der Waals surface area contributed by atoms with Crippen LogP contribution in [0.15, 0.2) is 82.3 Å². The molecule has 0 aliphatic rings. The summed E-state index contributed by atoms with van der Waals surface area (Å²) in [7, 11) is -2.05. The van der Waals surface area contributed by atoms with E-state index in [2.05, 4.69) is 0 Å². The van der Waals surface area contributed by atoms with Gasteiger partial charge in [0.15, 0.2) is 0 Å². The Kier molecular flexibility index (Phi) is 6.74. The maximum Gasteiger partial charge on any atom is 0.254 e. The number of sulfonamides is 1. The number of carbonyl (C=O) groups is 1. The molecule has 0 aliphatic carbocycles. The summed E-state index contributed by atoms with van der Waals surface area (Å²) in [4.78, 5) is 15.0. The van der Waals surface area contributed by atoms with Crippen molar-refractivity contribution in [1.82, 2.24) is 9.21 Å². The van der Waals surface area contributed by atoms with Crippen LogP contribution in [-0.4, -0.2) is 36.6 Å². The summed E-state index contributed by atoms with van der Waals surface area (Å²) >= 11 is 0. The van der Waals surface area contributed by atoms with Crippen molar-refractivity contribution >= 4 is 15.9 Å². The third-order valence-electron chi connectivity index (χ3n) is 4.94. The summed E-state index contributed by atoms with van der Waals surface area (Å²) in [6.45, 7) is 4.35. The van der Waals surface area contributed by atoms with Gasteiger partial charge in [-0.2, -0.15) is 4.31 Å². The molecule has 6 nitrogen and oxygen atoms in total. The third-order valence-corrected chi connectivity index (χ3v) is 6.98. The Bertz CT molecular complexity index is 1060. The van der Waals surface area contributed by atoms with Gasteiger partial charge in [-0.25, -0.2) is 8.42 Å². The molecule has 2 aromatic carbocycles. The van der Waals surface area contributed by atoms with Crippen molar-refractivity contribution in [3.8, 4) is 0 Å². The molecule has 0 saturated heterocycles. The molecule has 0 bridgehead atoms. The van der Waals surface area contributed by atoms with Gasteiger partial charge in [0, 0.05) is 25.2 Å². The maximum absolute atomic E-state index is 13.2. The van der Waals surface area contributed by atoms with Gasteiger partial charge < -0.3 is 9.32 Å². The monoisotopic (exact) mass is 426 g/mol. The van der Waals surface area contributed by atoms with Gasteiger partial charge >= 0.3 is 0 Å². The molecule has 0 unspecified atom stereocenters. The highest BCUT2D eigenvalue weighted by molar-refractivity contribution is 7.89. The van der Waals surface area contributed by atoms with Crippen molar-refractivity contribution in [3.05, 3.63) is 89.9 Å². The van der Waals surface area contributed by atoms with Crippen molar-refractivity contribution in [3.63, 3.8) is 0 Å². The summed E-state index contributed by atoms with van der Waals surface area (Å²) in [5, 5.41) is 0. The number of amides is 1. The van der Waals surface area contributed by atoms with E-state index < -0.39 is 10.0 Å². The molecule has 0 fully saturated rings. The summed E-state index contributed by atoms with van der Waals surface area (Å²) in [5.74, 6) is 0.480. The normalized spacial score (nSPS) is 11.8. The van der Waals surface area contributed by atoms with E-state index in [-0.39, 0.29) is 16.8 Å². The molecule has 30 heavy (non-hydrogen) atoms. The molecule has 0 aliphatic heterocycles. The lowest BCUT2D eigenvalue weighted by atomic mass is 10.1. The Morgan fingerprint density at radius 3 is 2.17 bits per heavy atom. The van der Waals surface area contributed by atoms with Crippen LogP contribution >= 0.6 is 0 Å². The van der Waals surface area contributed by atoms with Crippen LogP contribution in [0.5, 0.6) is 0 Å². The second-order valence-electron chi connectivity index (χ2n) is 7.37. The van der Waals surface area contributed by atoms with Crippen LogP contribution in [0.25, 0.3) is 0 Å². The number of hydrogen-bond donors (Lipinski definition) is 0. The molecule has 3 rings (SSSR count). The van der Waals surface area contributed by atoms with Crippen molar-refractivity contribution < 1.29 is 17.6 Å². The Hall–Kier alpha value is -2.90. The fraction of sp³-hybridized carbons (Fsp3) is 0.261. The van der Waals surface area contributed by atoms with Gasteiger partial charge in [0.25, 0.3) is 5.91 Å². The number of furan rings is 1. The lowest BCUT2D eigenvalue weighted by molar-refractivity contribution is 0.0717. The minimum Gasteiger partial charge on any atom is -0.467 e. The standard InChI is InChI=1S/C23H26N2O4S/c1-18(2)24(3)30(27,28)22-13-11-20(12-14-22)23(26)25(17-21-10-7-15-29-21)16-19-8-5-4-6-9-19/h4-15,18H,16-17H2,1-3H3. The maximum atomic E-state index is 13.2. The lowest BCUT2D eigenvalue weighted by Crippen LogP contribution is -2.33. The zero-order chi connectivity index (χ0) is 21.7. The van der Waals surface area contributed by atoms with Crippen molar-refractivity contribution in [2.75, 3.05) is 7.05 Å². The molecule has 158 valence electrons. The van der Waals surface area contributed by atoms with E-state index >= 15 is 0 Å². The Balaban J connectivity index is 1.85. The van der Waals surface area contributed by atoms with Crippen LogP contribution in [0.4, 0.5) is 0 Å². The third kappa shape index (κ3) is 4.98. The average Bonchev–Trinajstić information content (AvgIpc) is 3.26. The summed E-state index contributed by atoms with van der Waals surface area (Å²) in [6.07, 6.45) is 1.57. The van der Waals surface area contributed by atoms with E-state index in [0.29, 0.717) is 24.4 Å². The van der Waals surface area contributed by atoms with Crippen LogP contribution < -0.4 is 0 Å². The summed E-state index contributed by atoms with van der Waals surface area (Å²) in [5.41, 5.74) is 1.42. The second-order valence-corrected chi connectivity index (χ2v) is 9.36. The summed E-state index contributed by atoms with van der Waals surface area (Å²) in [6, 6.07) is 19.2. The quantitative estimate of drug-likeness (QED) is 0.542. The predicted molar refractivity (Wildman–Crippen MR) is 115 cm³/mol. The molecule has 1 aromatic heterocycles. The van der Waals surface area contributed by atoms with Gasteiger partial charge in [0.2, 0.25) is 10.0 Å². The first-order valence-electron chi connectivity index (χ1n) is 9.72. The minimum absolute atomic E-state index is 0.161. The molecule has 0 spiro atoms. The first-order valence-corrected chi connectivity index (χ1v) is 11.2. The molecule has 0 atom stereocenters. The largest absolute Gasteiger partial charge is 0.467 e. The molecule has 0 radical (unpaired) electrons. The first-order chi connectivity index (χ1) is 14.3. The van der Waals surface area contributed by atoms with E-state index in [1.807, 2.05) is 50.2 Å². The van der Waals surface area contributed by atoms with Gasteiger partial charge in [-0.05, 0) is 55.8 Å². The van der Waals surface area contributed by atoms with E-state index in [9.17, 15) is 13.2 Å². The minimum atomic E-state index is -3.60. The van der Waals surface area contributed by atoms with Crippen LogP contribution in [-0.2, 0) is 23.1 Å². The number of nitrogens with zero attached hydrogens (tertiary/aromatic N) is 2. The van der Waals surface area contributed by atoms with E-state index in [1.54, 1.807) is 36.4 Å². The van der Waals surface area contributed by atoms with Gasteiger partial charge in [-0.3, -0.25) is 4.79 Å². The first kappa shape index (κ1) is 21.8. The molecule has 1 heterocycles. The van der Waals surface area contributed by atoms with E-state index in [4.69, 9.17) is 4.42 Å². The van der Waals surface area contributed by atoms with Crippen molar-refractivity contribution in [1.29, 1.82) is 0 Å². The number of benzene rings is 2. The molecular formula is C23H26N2O4S. The molecule has 7 heteroatoms. The highest BCUT2D eigenvalue weighted by Crippen LogP contribution is 2.19. The fourth-order valence-corrected chi connectivity index (χ4v) is 4.36. The second kappa shape index (κ2) is 9.28. The fourth-order valence-electron chi connectivity index (χ4n) is 2.99. The van der Waals surface area contributed by atoms with Gasteiger partial charge in [-0.1, -0.05) is 30.3 Å². The van der Waals surface area contributed by atoms with E-state index in [1.165, 1.54) is 16.4 Å². The number of carbonyl (C=O) groups excluding carboxylic acids is 1. The van der Waals surface area contributed by atoms with Crippen LogP contribution in [0.3, 0.4) is 0 Å². The SMILES string of the molecule is CC(C)N(C)S(=O)(=O)c1ccc(C(=O)N(Cc2ccccc2)Cc2ccco2)cc1. The molecule has 0 saturated carbocycles. The zero-order valence-electron chi connectivity index (χ0n) is 17.4. The van der Waals surface area contributed by atoms with Crippen LogP contribution in [0, 0.1) is 0 Å². The topological polar surface area (TPSA) is 70.8 Å². The lowest BCUT2D eigenvalue weighted by Gasteiger charge is -2.23. The van der Waals surface area contributed by atoms with Gasteiger partial charge in [-0.15, -0.1) is 0 Å². The Morgan fingerprint density at radius 2 is 1.60 bits per heavy atom. The summed E-state index contributed by atoms with van der Waals surface area (Å²) < 4.78 is 32.0.